The summed E-state index contributed by atoms with van der Waals surface area (Å²) in [4.78, 5) is 22.8. The number of anilines is 1. The highest BCUT2D eigenvalue weighted by molar-refractivity contribution is 5.94. The van der Waals surface area contributed by atoms with E-state index in [1.807, 2.05) is 13.8 Å². The molecule has 1 heterocycles. The maximum absolute atomic E-state index is 11.7. The first-order valence-corrected chi connectivity index (χ1v) is 5.73. The van der Waals surface area contributed by atoms with E-state index in [0.717, 1.165) is 0 Å². The van der Waals surface area contributed by atoms with Gasteiger partial charge >= 0.3 is 0 Å². The fourth-order valence-corrected chi connectivity index (χ4v) is 1.27. The maximum atomic E-state index is 11.7. The lowest BCUT2D eigenvalue weighted by atomic mass is 10.1. The molecule has 1 atom stereocenters. The number of nitrogens with two attached hydrogens (primary N) is 1. The summed E-state index contributed by atoms with van der Waals surface area (Å²) in [7, 11) is 1.55. The zero-order valence-corrected chi connectivity index (χ0v) is 12.0. The summed E-state index contributed by atoms with van der Waals surface area (Å²) in [5.41, 5.74) is 6.24. The second-order valence-electron chi connectivity index (χ2n) is 4.36. The number of hydrogen-bond donors (Lipinski definition) is 3. The van der Waals surface area contributed by atoms with Crippen LogP contribution in [0.25, 0.3) is 0 Å². The lowest BCUT2D eigenvalue weighted by Gasteiger charge is -2.14. The Hall–Kier alpha value is -1.60. The van der Waals surface area contributed by atoms with Crippen molar-refractivity contribution >= 4 is 29.9 Å². The standard InChI is InChI=1S/C11H19N5O2.ClH/c1-7(2)10(12)11(18)15-8-4-14-16(5-8)6-9(17)13-3;/h4-5,7,10H,6,12H2,1-3H3,(H,13,17)(H,15,18);1H/t10-;/m1./s1. The van der Waals surface area contributed by atoms with Crippen LogP contribution >= 0.6 is 12.4 Å². The lowest BCUT2D eigenvalue weighted by Crippen LogP contribution is -2.39. The predicted octanol–water partition coefficient (Wildman–Crippen LogP) is -0.0273. The van der Waals surface area contributed by atoms with Gasteiger partial charge in [-0.2, -0.15) is 5.10 Å². The molecule has 0 saturated heterocycles. The summed E-state index contributed by atoms with van der Waals surface area (Å²) in [5, 5.41) is 9.11. The molecule has 1 rings (SSSR count). The van der Waals surface area contributed by atoms with Crippen molar-refractivity contribution in [3.63, 3.8) is 0 Å². The molecule has 0 saturated carbocycles. The van der Waals surface area contributed by atoms with Crippen molar-refractivity contribution in [2.24, 2.45) is 11.7 Å². The minimum Gasteiger partial charge on any atom is -0.358 e. The van der Waals surface area contributed by atoms with Gasteiger partial charge in [0.2, 0.25) is 11.8 Å². The van der Waals surface area contributed by atoms with Gasteiger partial charge in [-0.05, 0) is 5.92 Å². The molecule has 2 amide bonds. The molecule has 4 N–H and O–H groups in total. The number of halogens is 1. The Morgan fingerprint density at radius 3 is 2.63 bits per heavy atom. The number of nitrogens with zero attached hydrogens (tertiary/aromatic N) is 2. The molecular formula is C11H20ClN5O2. The highest BCUT2D eigenvalue weighted by Gasteiger charge is 2.17. The molecule has 0 aliphatic rings. The minimum atomic E-state index is -0.563. The van der Waals surface area contributed by atoms with Crippen LogP contribution in [0.15, 0.2) is 12.4 Å². The Bertz CT molecular complexity index is 432. The van der Waals surface area contributed by atoms with Crippen LogP contribution in [0.3, 0.4) is 0 Å². The van der Waals surface area contributed by atoms with E-state index in [1.165, 1.54) is 10.9 Å². The SMILES string of the molecule is CNC(=O)Cn1cc(NC(=O)[C@H](N)C(C)C)cn1.Cl. The van der Waals surface area contributed by atoms with Crippen molar-refractivity contribution in [1.29, 1.82) is 0 Å². The maximum Gasteiger partial charge on any atom is 0.241 e. The van der Waals surface area contributed by atoms with E-state index in [0.29, 0.717) is 5.69 Å². The highest BCUT2D eigenvalue weighted by Crippen LogP contribution is 2.07. The quantitative estimate of drug-likeness (QED) is 0.708. The summed E-state index contributed by atoms with van der Waals surface area (Å²) in [5.74, 6) is -0.356. The molecular weight excluding hydrogens is 270 g/mol. The summed E-state index contributed by atoms with van der Waals surface area (Å²) < 4.78 is 1.44. The molecule has 108 valence electrons. The fraction of sp³-hybridized carbons (Fsp3) is 0.545. The normalized spacial score (nSPS) is 11.6. The molecule has 0 bridgehead atoms. The third-order valence-corrected chi connectivity index (χ3v) is 2.51. The number of carbonyl (C=O) groups excluding carboxylic acids is 2. The second kappa shape index (κ2) is 7.75. The van der Waals surface area contributed by atoms with E-state index in [-0.39, 0.29) is 36.7 Å². The highest BCUT2D eigenvalue weighted by atomic mass is 35.5. The van der Waals surface area contributed by atoms with Crippen molar-refractivity contribution in [2.75, 3.05) is 12.4 Å². The third-order valence-electron chi connectivity index (χ3n) is 2.51. The molecule has 0 aromatic carbocycles. The van der Waals surface area contributed by atoms with Gasteiger partial charge in [-0.15, -0.1) is 12.4 Å². The predicted molar refractivity (Wildman–Crippen MR) is 75.0 cm³/mol. The fourth-order valence-electron chi connectivity index (χ4n) is 1.27. The van der Waals surface area contributed by atoms with E-state index in [1.54, 1.807) is 13.2 Å². The molecule has 0 aliphatic heterocycles. The summed E-state index contributed by atoms with van der Waals surface area (Å²) in [6, 6.07) is -0.563. The van der Waals surface area contributed by atoms with Crippen LogP contribution in [0, 0.1) is 5.92 Å². The third kappa shape index (κ3) is 5.27. The molecule has 0 aliphatic carbocycles. The first-order valence-electron chi connectivity index (χ1n) is 5.73. The van der Waals surface area contributed by atoms with Crippen LogP contribution in [0.5, 0.6) is 0 Å². The molecule has 19 heavy (non-hydrogen) atoms. The topological polar surface area (TPSA) is 102 Å². The van der Waals surface area contributed by atoms with Gasteiger partial charge in [0.1, 0.15) is 6.54 Å². The molecule has 1 aromatic heterocycles. The van der Waals surface area contributed by atoms with Gasteiger partial charge in [0.05, 0.1) is 17.9 Å². The van der Waals surface area contributed by atoms with Crippen molar-refractivity contribution in [2.45, 2.75) is 26.4 Å². The van der Waals surface area contributed by atoms with Crippen molar-refractivity contribution in [3.05, 3.63) is 12.4 Å². The number of likely N-dealkylation sites (N-methyl/N-ethyl adjacent to an activating group) is 1. The summed E-state index contributed by atoms with van der Waals surface area (Å²) >= 11 is 0. The van der Waals surface area contributed by atoms with Crippen LogP contribution in [0.4, 0.5) is 5.69 Å². The number of nitrogens with one attached hydrogen (secondary N) is 2. The van der Waals surface area contributed by atoms with Gasteiger partial charge in [-0.25, -0.2) is 0 Å². The van der Waals surface area contributed by atoms with Crippen LogP contribution in [0.2, 0.25) is 0 Å². The smallest absolute Gasteiger partial charge is 0.241 e. The van der Waals surface area contributed by atoms with Gasteiger partial charge in [-0.1, -0.05) is 13.8 Å². The van der Waals surface area contributed by atoms with Crippen LogP contribution in [-0.2, 0) is 16.1 Å². The van der Waals surface area contributed by atoms with Gasteiger partial charge in [-0.3, -0.25) is 14.3 Å². The number of hydrogen-bond acceptors (Lipinski definition) is 4. The second-order valence-corrected chi connectivity index (χ2v) is 4.36. The molecule has 7 nitrogen and oxygen atoms in total. The molecule has 0 radical (unpaired) electrons. The van der Waals surface area contributed by atoms with Gasteiger partial charge in [0.25, 0.3) is 0 Å². The van der Waals surface area contributed by atoms with E-state index in [4.69, 9.17) is 5.73 Å². The van der Waals surface area contributed by atoms with Crippen LogP contribution in [0.1, 0.15) is 13.8 Å². The molecule has 0 unspecified atom stereocenters. The lowest BCUT2D eigenvalue weighted by molar-refractivity contribution is -0.121. The van der Waals surface area contributed by atoms with E-state index >= 15 is 0 Å². The van der Waals surface area contributed by atoms with Gasteiger partial charge < -0.3 is 16.4 Å². The zero-order chi connectivity index (χ0) is 13.7. The monoisotopic (exact) mass is 289 g/mol. The number of rotatable bonds is 5. The minimum absolute atomic E-state index is 0. The Morgan fingerprint density at radius 2 is 2.11 bits per heavy atom. The van der Waals surface area contributed by atoms with E-state index in [2.05, 4.69) is 15.7 Å². The summed E-state index contributed by atoms with van der Waals surface area (Å²) in [6.45, 7) is 3.86. The molecule has 1 aromatic rings. The number of amides is 2. The first kappa shape index (κ1) is 17.4. The Morgan fingerprint density at radius 1 is 1.47 bits per heavy atom. The van der Waals surface area contributed by atoms with Crippen molar-refractivity contribution in [1.82, 2.24) is 15.1 Å². The van der Waals surface area contributed by atoms with Crippen molar-refractivity contribution in [3.8, 4) is 0 Å². The average molecular weight is 290 g/mol. The van der Waals surface area contributed by atoms with Crippen LogP contribution in [-0.4, -0.2) is 34.7 Å². The molecule has 0 spiro atoms. The molecule has 0 fully saturated rings. The average Bonchev–Trinajstić information content (AvgIpc) is 2.74. The molecule has 8 heteroatoms. The number of aromatic nitrogens is 2. The summed E-state index contributed by atoms with van der Waals surface area (Å²) in [6.07, 6.45) is 3.06. The Balaban J connectivity index is 0.00000324. The largest absolute Gasteiger partial charge is 0.358 e. The van der Waals surface area contributed by atoms with Crippen LogP contribution < -0.4 is 16.4 Å². The van der Waals surface area contributed by atoms with Gasteiger partial charge in [0, 0.05) is 13.2 Å². The Labute approximate surface area is 118 Å². The van der Waals surface area contributed by atoms with E-state index in [9.17, 15) is 9.59 Å². The van der Waals surface area contributed by atoms with Crippen molar-refractivity contribution < 1.29 is 9.59 Å². The Kier molecular flexibility index (Phi) is 7.10. The number of carbonyl (C=O) groups is 2. The van der Waals surface area contributed by atoms with Gasteiger partial charge in [0.15, 0.2) is 0 Å². The zero-order valence-electron chi connectivity index (χ0n) is 11.2. The van der Waals surface area contributed by atoms with E-state index < -0.39 is 6.04 Å². The first-order chi connectivity index (χ1) is 8.43.